The Labute approximate surface area is 143 Å². The lowest BCUT2D eigenvalue weighted by Gasteiger charge is -2.28. The van der Waals surface area contributed by atoms with Crippen LogP contribution in [-0.4, -0.2) is 54.0 Å². The van der Waals surface area contributed by atoms with Gasteiger partial charge >= 0.3 is 6.01 Å². The second-order valence-corrected chi connectivity index (χ2v) is 6.51. The Morgan fingerprint density at radius 2 is 2.08 bits per heavy atom. The largest absolute Gasteiger partial charge is 0.460 e. The van der Waals surface area contributed by atoms with Crippen molar-refractivity contribution < 1.29 is 9.53 Å². The van der Waals surface area contributed by atoms with E-state index in [4.69, 9.17) is 4.74 Å². The minimum atomic E-state index is -0.00115. The lowest BCUT2D eigenvalue weighted by Crippen LogP contribution is -2.40. The Hall–Kier alpha value is -2.23. The molecule has 0 atom stereocenters. The maximum atomic E-state index is 12.0. The third kappa shape index (κ3) is 4.63. The number of aromatic nitrogens is 6. The molecule has 2 heterocycles. The summed E-state index contributed by atoms with van der Waals surface area (Å²) in [6.45, 7) is 0. The van der Waals surface area contributed by atoms with E-state index in [0.717, 1.165) is 25.7 Å². The van der Waals surface area contributed by atoms with Gasteiger partial charge in [-0.15, -0.1) is 5.10 Å². The average molecular weight is 349 g/mol. The molecule has 0 saturated heterocycles. The molecule has 9 nitrogen and oxygen atoms in total. The summed E-state index contributed by atoms with van der Waals surface area (Å²) < 4.78 is 7.30. The van der Waals surface area contributed by atoms with Gasteiger partial charge in [0.1, 0.15) is 6.10 Å². The van der Waals surface area contributed by atoms with Crippen LogP contribution in [0.2, 0.25) is 0 Å². The molecule has 10 heteroatoms. The van der Waals surface area contributed by atoms with Crippen LogP contribution in [0.4, 0.5) is 0 Å². The zero-order valence-electron chi connectivity index (χ0n) is 13.3. The highest BCUT2D eigenvalue weighted by Gasteiger charge is 2.24. The van der Waals surface area contributed by atoms with Gasteiger partial charge < -0.3 is 10.1 Å². The van der Waals surface area contributed by atoms with E-state index in [1.54, 1.807) is 30.2 Å². The molecule has 128 valence electrons. The number of hydrogen-bond acceptors (Lipinski definition) is 8. The second-order valence-electron chi connectivity index (χ2n) is 5.56. The lowest BCUT2D eigenvalue weighted by atomic mass is 9.93. The molecular formula is C14H19N7O2S. The number of nitrogens with zero attached hydrogens (tertiary/aromatic N) is 6. The standard InChI is InChI=1S/C14H19N7O2S/c1-21-14(18-19-20-21)24-9-12(22)17-10-3-5-11(6-4-10)23-13-15-7-2-8-16-13/h2,7-8,10-11H,3-6,9H2,1H3,(H,17,22). The van der Waals surface area contributed by atoms with E-state index in [9.17, 15) is 4.79 Å². The van der Waals surface area contributed by atoms with E-state index in [2.05, 4.69) is 30.8 Å². The van der Waals surface area contributed by atoms with Crippen molar-refractivity contribution in [1.82, 2.24) is 35.5 Å². The molecule has 0 aliphatic heterocycles. The number of carbonyl (C=O) groups excluding carboxylic acids is 1. The number of nitrogens with one attached hydrogen (secondary N) is 1. The van der Waals surface area contributed by atoms with Gasteiger partial charge in [-0.25, -0.2) is 14.6 Å². The molecule has 0 radical (unpaired) electrons. The normalized spacial score (nSPS) is 20.5. The molecule has 0 spiro atoms. The molecular weight excluding hydrogens is 330 g/mol. The second kappa shape index (κ2) is 8.04. The van der Waals surface area contributed by atoms with Gasteiger partial charge in [-0.05, 0) is 42.2 Å². The minimum Gasteiger partial charge on any atom is -0.460 e. The fourth-order valence-corrected chi connectivity index (χ4v) is 3.22. The summed E-state index contributed by atoms with van der Waals surface area (Å²) in [6, 6.07) is 2.36. The van der Waals surface area contributed by atoms with E-state index in [0.29, 0.717) is 16.9 Å². The predicted octanol–water partition coefficient (Wildman–Crippen LogP) is 0.599. The fraction of sp³-hybridized carbons (Fsp3) is 0.571. The summed E-state index contributed by atoms with van der Waals surface area (Å²) in [4.78, 5) is 20.2. The molecule has 1 aliphatic carbocycles. The van der Waals surface area contributed by atoms with Crippen molar-refractivity contribution in [2.24, 2.45) is 7.05 Å². The van der Waals surface area contributed by atoms with E-state index < -0.39 is 0 Å². The highest BCUT2D eigenvalue weighted by molar-refractivity contribution is 7.99. The van der Waals surface area contributed by atoms with Crippen molar-refractivity contribution in [3.63, 3.8) is 0 Å². The summed E-state index contributed by atoms with van der Waals surface area (Å²) in [5.74, 6) is 0.307. The Morgan fingerprint density at radius 3 is 2.75 bits per heavy atom. The van der Waals surface area contributed by atoms with Gasteiger partial charge in [-0.3, -0.25) is 4.79 Å². The van der Waals surface area contributed by atoms with Crippen LogP contribution in [0.15, 0.2) is 23.6 Å². The van der Waals surface area contributed by atoms with Gasteiger partial charge in [-0.2, -0.15) is 0 Å². The molecule has 2 aromatic heterocycles. The van der Waals surface area contributed by atoms with Crippen molar-refractivity contribution in [1.29, 1.82) is 0 Å². The van der Waals surface area contributed by atoms with Crippen LogP contribution >= 0.6 is 11.8 Å². The maximum absolute atomic E-state index is 12.0. The molecule has 0 unspecified atom stereocenters. The Kier molecular flexibility index (Phi) is 5.57. The quantitative estimate of drug-likeness (QED) is 0.755. The first-order valence-corrected chi connectivity index (χ1v) is 8.77. The molecule has 1 N–H and O–H groups in total. The third-order valence-electron chi connectivity index (χ3n) is 3.77. The van der Waals surface area contributed by atoms with Crippen LogP contribution in [0.3, 0.4) is 0 Å². The maximum Gasteiger partial charge on any atom is 0.316 e. The molecule has 24 heavy (non-hydrogen) atoms. The van der Waals surface area contributed by atoms with Crippen LogP contribution in [0, 0.1) is 0 Å². The number of carbonyl (C=O) groups is 1. The highest BCUT2D eigenvalue weighted by atomic mass is 32.2. The van der Waals surface area contributed by atoms with E-state index in [-0.39, 0.29) is 18.1 Å². The minimum absolute atomic E-state index is 0.00115. The smallest absolute Gasteiger partial charge is 0.316 e. The number of rotatable bonds is 6. The van der Waals surface area contributed by atoms with Gasteiger partial charge in [0, 0.05) is 25.5 Å². The number of ether oxygens (including phenoxy) is 1. The number of thioether (sulfide) groups is 1. The average Bonchev–Trinajstić information content (AvgIpc) is 3.01. The zero-order chi connectivity index (χ0) is 16.8. The topological polar surface area (TPSA) is 108 Å². The summed E-state index contributed by atoms with van der Waals surface area (Å²) in [6.07, 6.45) is 6.97. The van der Waals surface area contributed by atoms with Gasteiger partial charge in [-0.1, -0.05) is 11.8 Å². The van der Waals surface area contributed by atoms with Gasteiger partial charge in [0.15, 0.2) is 0 Å². The predicted molar refractivity (Wildman–Crippen MR) is 86.4 cm³/mol. The van der Waals surface area contributed by atoms with Crippen molar-refractivity contribution >= 4 is 17.7 Å². The molecule has 3 rings (SSSR count). The van der Waals surface area contributed by atoms with Crippen LogP contribution in [0.5, 0.6) is 6.01 Å². The van der Waals surface area contributed by atoms with Crippen molar-refractivity contribution in [2.45, 2.75) is 43.0 Å². The lowest BCUT2D eigenvalue weighted by molar-refractivity contribution is -0.119. The van der Waals surface area contributed by atoms with Crippen LogP contribution < -0.4 is 10.1 Å². The Balaban J connectivity index is 1.37. The summed E-state index contributed by atoms with van der Waals surface area (Å²) in [5.41, 5.74) is 0. The van der Waals surface area contributed by atoms with Gasteiger partial charge in [0.05, 0.1) is 5.75 Å². The first-order chi connectivity index (χ1) is 11.7. The van der Waals surface area contributed by atoms with E-state index >= 15 is 0 Å². The number of tetrazole rings is 1. The number of amides is 1. The molecule has 1 amide bonds. The Bertz CT molecular complexity index is 658. The Morgan fingerprint density at radius 1 is 1.33 bits per heavy atom. The molecule has 0 aromatic carbocycles. The summed E-state index contributed by atoms with van der Waals surface area (Å²) >= 11 is 1.33. The highest BCUT2D eigenvalue weighted by Crippen LogP contribution is 2.22. The van der Waals surface area contributed by atoms with E-state index in [1.165, 1.54) is 11.8 Å². The summed E-state index contributed by atoms with van der Waals surface area (Å²) in [7, 11) is 1.75. The van der Waals surface area contributed by atoms with E-state index in [1.807, 2.05) is 0 Å². The molecule has 1 fully saturated rings. The molecule has 0 bridgehead atoms. The zero-order valence-corrected chi connectivity index (χ0v) is 14.1. The number of hydrogen-bond donors (Lipinski definition) is 1. The van der Waals surface area contributed by atoms with Gasteiger partial charge in [0.25, 0.3) is 0 Å². The van der Waals surface area contributed by atoms with Crippen LogP contribution in [0.1, 0.15) is 25.7 Å². The van der Waals surface area contributed by atoms with Gasteiger partial charge in [0.2, 0.25) is 11.1 Å². The summed E-state index contributed by atoms with van der Waals surface area (Å²) in [5, 5.41) is 14.8. The molecule has 1 saturated carbocycles. The van der Waals surface area contributed by atoms with Crippen molar-refractivity contribution in [2.75, 3.05) is 5.75 Å². The van der Waals surface area contributed by atoms with Crippen LogP contribution in [0.25, 0.3) is 0 Å². The van der Waals surface area contributed by atoms with Crippen molar-refractivity contribution in [3.05, 3.63) is 18.5 Å². The third-order valence-corrected chi connectivity index (χ3v) is 4.78. The molecule has 2 aromatic rings. The fourth-order valence-electron chi connectivity index (χ4n) is 2.56. The number of aryl methyl sites for hydroxylation is 1. The molecule has 1 aliphatic rings. The van der Waals surface area contributed by atoms with Crippen molar-refractivity contribution in [3.8, 4) is 6.01 Å². The first kappa shape index (κ1) is 16.6. The SMILES string of the molecule is Cn1nnnc1SCC(=O)NC1CCC(Oc2ncccn2)CC1. The van der Waals surface area contributed by atoms with Crippen LogP contribution in [-0.2, 0) is 11.8 Å². The monoisotopic (exact) mass is 349 g/mol. The first-order valence-electron chi connectivity index (χ1n) is 7.79.